The van der Waals surface area contributed by atoms with E-state index in [0.29, 0.717) is 6.42 Å². The molecule has 34 heavy (non-hydrogen) atoms. The van der Waals surface area contributed by atoms with E-state index in [-0.39, 0.29) is 19.4 Å². The monoisotopic (exact) mass is 494 g/mol. The lowest BCUT2D eigenvalue weighted by atomic mass is 9.95. The Balaban J connectivity index is 4.99. The van der Waals surface area contributed by atoms with Gasteiger partial charge in [0.15, 0.2) is 11.2 Å². The summed E-state index contributed by atoms with van der Waals surface area (Å²) in [5, 5.41) is 55.3. The number of carbonyl (C=O) groups is 6. The van der Waals surface area contributed by atoms with E-state index in [0.717, 1.165) is 0 Å². The molecular formula is C20H30O14. The molecule has 4 atom stereocenters. The molecule has 0 aliphatic heterocycles. The van der Waals surface area contributed by atoms with Gasteiger partial charge in [0.05, 0.1) is 32.3 Å². The Bertz CT molecular complexity index is 777. The van der Waals surface area contributed by atoms with E-state index in [1.54, 1.807) is 13.8 Å². The molecule has 0 heterocycles. The largest absolute Gasteiger partial charge is 0.481 e. The van der Waals surface area contributed by atoms with Crippen molar-refractivity contribution in [3.05, 3.63) is 0 Å². The van der Waals surface area contributed by atoms with E-state index in [1.807, 2.05) is 0 Å². The molecule has 0 aliphatic carbocycles. The number of ether oxygens (including phenoxy) is 2. The molecule has 0 aromatic carbocycles. The molecule has 0 amide bonds. The highest BCUT2D eigenvalue weighted by molar-refractivity contribution is 5.89. The van der Waals surface area contributed by atoms with Gasteiger partial charge in [0.25, 0.3) is 0 Å². The van der Waals surface area contributed by atoms with Crippen LogP contribution in [0.15, 0.2) is 0 Å². The molecule has 194 valence electrons. The van der Waals surface area contributed by atoms with Gasteiger partial charge in [-0.15, -0.1) is 0 Å². The first-order valence-corrected chi connectivity index (χ1v) is 10.3. The van der Waals surface area contributed by atoms with Crippen molar-refractivity contribution in [3.63, 3.8) is 0 Å². The molecule has 0 spiro atoms. The number of hydrogen-bond donors (Lipinski definition) is 6. The second-order valence-electron chi connectivity index (χ2n) is 7.88. The van der Waals surface area contributed by atoms with Crippen LogP contribution < -0.4 is 0 Å². The fourth-order valence-electron chi connectivity index (χ4n) is 2.92. The maximum absolute atomic E-state index is 12.1. The highest BCUT2D eigenvalue weighted by Crippen LogP contribution is 2.22. The number of aliphatic hydroxyl groups is 2. The molecule has 0 aliphatic rings. The fourth-order valence-corrected chi connectivity index (χ4v) is 2.92. The molecule has 0 radical (unpaired) electrons. The Kier molecular flexibility index (Phi) is 12.2. The second-order valence-corrected chi connectivity index (χ2v) is 7.88. The zero-order chi connectivity index (χ0) is 26.7. The Morgan fingerprint density at radius 1 is 0.706 bits per heavy atom. The molecular weight excluding hydrogens is 464 g/mol. The predicted molar refractivity (Wildman–Crippen MR) is 108 cm³/mol. The summed E-state index contributed by atoms with van der Waals surface area (Å²) in [6.45, 7) is 3.07. The van der Waals surface area contributed by atoms with E-state index in [2.05, 4.69) is 0 Å². The number of hydrogen-bond acceptors (Lipinski definition) is 10. The van der Waals surface area contributed by atoms with E-state index in [9.17, 15) is 39.0 Å². The van der Waals surface area contributed by atoms with E-state index < -0.39 is 84.7 Å². The molecule has 0 aromatic rings. The number of aliphatic carboxylic acids is 4. The lowest BCUT2D eigenvalue weighted by Crippen LogP contribution is -2.43. The van der Waals surface area contributed by atoms with Gasteiger partial charge in [0.2, 0.25) is 0 Å². The average Bonchev–Trinajstić information content (AvgIpc) is 2.68. The van der Waals surface area contributed by atoms with Crippen LogP contribution in [0.5, 0.6) is 0 Å². The standard InChI is InChI=1S/C20H30O14/c1-3-11(10-33-15(25)8-19(31,17(27)28)6-13(21)22)5-12(4-2)34-16(26)9-20(32,18(29)30)7-14(23)24/h11-12,31-32H,3-10H2,1-2H3,(H,21,22)(H,23,24)(H,27,28)(H,29,30). The summed E-state index contributed by atoms with van der Waals surface area (Å²) in [7, 11) is 0. The van der Waals surface area contributed by atoms with E-state index in [1.165, 1.54) is 0 Å². The lowest BCUT2D eigenvalue weighted by Gasteiger charge is -2.25. The molecule has 14 nitrogen and oxygen atoms in total. The molecule has 0 fully saturated rings. The van der Waals surface area contributed by atoms with Crippen molar-refractivity contribution in [2.45, 2.75) is 76.1 Å². The quantitative estimate of drug-likeness (QED) is 0.141. The molecule has 14 heteroatoms. The van der Waals surface area contributed by atoms with Crippen LogP contribution in [0, 0.1) is 5.92 Å². The molecule has 0 rings (SSSR count). The smallest absolute Gasteiger partial charge is 0.336 e. The summed E-state index contributed by atoms with van der Waals surface area (Å²) in [6.07, 6.45) is -4.67. The maximum atomic E-state index is 12.1. The van der Waals surface area contributed by atoms with Gasteiger partial charge in [-0.1, -0.05) is 13.8 Å². The third-order valence-corrected chi connectivity index (χ3v) is 4.96. The number of esters is 2. The Hall–Kier alpha value is -3.26. The van der Waals surface area contributed by atoms with Crippen LogP contribution in [-0.2, 0) is 38.2 Å². The van der Waals surface area contributed by atoms with Crippen molar-refractivity contribution < 1.29 is 68.9 Å². The summed E-state index contributed by atoms with van der Waals surface area (Å²) in [5.74, 6) is -9.79. The molecule has 6 N–H and O–H groups in total. The topological polar surface area (TPSA) is 242 Å². The van der Waals surface area contributed by atoms with Crippen LogP contribution in [0.4, 0.5) is 0 Å². The van der Waals surface area contributed by atoms with Gasteiger partial charge in [-0.3, -0.25) is 19.2 Å². The summed E-state index contributed by atoms with van der Waals surface area (Å²) in [6, 6.07) is 0. The van der Waals surface area contributed by atoms with Gasteiger partial charge in [0.1, 0.15) is 6.10 Å². The zero-order valence-corrected chi connectivity index (χ0v) is 18.8. The van der Waals surface area contributed by atoms with Crippen LogP contribution in [0.25, 0.3) is 0 Å². The van der Waals surface area contributed by atoms with Crippen LogP contribution in [0.2, 0.25) is 0 Å². The van der Waals surface area contributed by atoms with Gasteiger partial charge >= 0.3 is 35.8 Å². The third-order valence-electron chi connectivity index (χ3n) is 4.96. The minimum absolute atomic E-state index is 0.120. The fraction of sp³-hybridized carbons (Fsp3) is 0.700. The lowest BCUT2D eigenvalue weighted by molar-refractivity contribution is -0.174. The summed E-state index contributed by atoms with van der Waals surface area (Å²) in [5.41, 5.74) is -5.69. The third kappa shape index (κ3) is 10.6. The summed E-state index contributed by atoms with van der Waals surface area (Å²) in [4.78, 5) is 67.8. The average molecular weight is 494 g/mol. The Morgan fingerprint density at radius 2 is 1.15 bits per heavy atom. The van der Waals surface area contributed by atoms with Crippen LogP contribution >= 0.6 is 0 Å². The first-order chi connectivity index (χ1) is 15.6. The molecule has 0 saturated heterocycles. The van der Waals surface area contributed by atoms with Gasteiger partial charge in [-0.05, 0) is 25.2 Å². The van der Waals surface area contributed by atoms with Crippen LogP contribution in [0.1, 0.15) is 58.8 Å². The number of rotatable bonds is 17. The second kappa shape index (κ2) is 13.4. The normalized spacial score (nSPS) is 16.2. The predicted octanol–water partition coefficient (Wildman–Crippen LogP) is -0.371. The van der Waals surface area contributed by atoms with Crippen molar-refractivity contribution in [2.75, 3.05) is 6.61 Å². The Labute approximate surface area is 194 Å². The molecule has 0 bridgehead atoms. The van der Waals surface area contributed by atoms with Crippen molar-refractivity contribution in [1.29, 1.82) is 0 Å². The maximum Gasteiger partial charge on any atom is 0.336 e. The first-order valence-electron chi connectivity index (χ1n) is 10.3. The van der Waals surface area contributed by atoms with Crippen molar-refractivity contribution in [3.8, 4) is 0 Å². The first kappa shape index (κ1) is 30.7. The highest BCUT2D eigenvalue weighted by Gasteiger charge is 2.42. The van der Waals surface area contributed by atoms with Gasteiger partial charge in [0, 0.05) is 0 Å². The summed E-state index contributed by atoms with van der Waals surface area (Å²) < 4.78 is 10.1. The van der Waals surface area contributed by atoms with Crippen molar-refractivity contribution in [1.82, 2.24) is 0 Å². The zero-order valence-electron chi connectivity index (χ0n) is 18.8. The minimum atomic E-state index is -2.85. The molecule has 4 unspecified atom stereocenters. The summed E-state index contributed by atoms with van der Waals surface area (Å²) >= 11 is 0. The van der Waals surface area contributed by atoms with Crippen LogP contribution in [-0.4, -0.2) is 90.4 Å². The minimum Gasteiger partial charge on any atom is -0.481 e. The number of carbonyl (C=O) groups excluding carboxylic acids is 2. The molecule has 0 aromatic heterocycles. The SMILES string of the molecule is CCC(COC(=O)CC(O)(CC(=O)O)C(=O)O)CC(CC)OC(=O)CC(O)(CC(=O)O)C(=O)O. The van der Waals surface area contributed by atoms with Gasteiger partial charge < -0.3 is 40.1 Å². The van der Waals surface area contributed by atoms with E-state index >= 15 is 0 Å². The van der Waals surface area contributed by atoms with Gasteiger partial charge in [-0.2, -0.15) is 0 Å². The highest BCUT2D eigenvalue weighted by atomic mass is 16.5. The van der Waals surface area contributed by atoms with E-state index in [4.69, 9.17) is 29.9 Å². The number of carboxylic acids is 4. The van der Waals surface area contributed by atoms with Crippen molar-refractivity contribution >= 4 is 35.8 Å². The van der Waals surface area contributed by atoms with Crippen LogP contribution in [0.3, 0.4) is 0 Å². The molecule has 0 saturated carbocycles. The Morgan fingerprint density at radius 3 is 1.50 bits per heavy atom. The van der Waals surface area contributed by atoms with Gasteiger partial charge in [-0.25, -0.2) is 9.59 Å². The van der Waals surface area contributed by atoms with Crippen molar-refractivity contribution in [2.24, 2.45) is 5.92 Å². The number of carboxylic acid groups (broad SMARTS) is 4.